The molecule has 8 heteroatoms. The van der Waals surface area contributed by atoms with Gasteiger partial charge in [0.05, 0.1) is 12.2 Å². The van der Waals surface area contributed by atoms with Crippen LogP contribution in [0.3, 0.4) is 0 Å². The average molecular weight is 280 g/mol. The zero-order valence-electron chi connectivity index (χ0n) is 10.5. The van der Waals surface area contributed by atoms with Gasteiger partial charge in [-0.3, -0.25) is 4.79 Å². The van der Waals surface area contributed by atoms with Gasteiger partial charge < -0.3 is 4.74 Å². The molecule has 0 aromatic carbocycles. The summed E-state index contributed by atoms with van der Waals surface area (Å²) < 4.78 is 6.21. The lowest BCUT2D eigenvalue weighted by Crippen LogP contribution is -2.08. The van der Waals surface area contributed by atoms with E-state index in [0.29, 0.717) is 11.4 Å². The van der Waals surface area contributed by atoms with E-state index in [1.54, 1.807) is 6.92 Å². The normalized spacial score (nSPS) is 10.4. The van der Waals surface area contributed by atoms with Crippen molar-refractivity contribution in [2.24, 2.45) is 0 Å². The highest BCUT2D eigenvalue weighted by molar-refractivity contribution is 7.13. The monoisotopic (exact) mass is 280 g/mol. The van der Waals surface area contributed by atoms with E-state index in [1.165, 1.54) is 22.2 Å². The zero-order valence-corrected chi connectivity index (χ0v) is 11.3. The van der Waals surface area contributed by atoms with Crippen LogP contribution in [0, 0.1) is 0 Å². The molecule has 0 radical (unpaired) electrons. The maximum absolute atomic E-state index is 11.6. The summed E-state index contributed by atoms with van der Waals surface area (Å²) in [5.41, 5.74) is 0.164. The number of rotatable bonds is 5. The van der Waals surface area contributed by atoms with Crippen LogP contribution >= 0.6 is 11.3 Å². The van der Waals surface area contributed by atoms with Gasteiger partial charge in [0.1, 0.15) is 5.01 Å². The number of carbonyl (C=O) groups is 2. The van der Waals surface area contributed by atoms with Crippen LogP contribution in [0.1, 0.15) is 39.7 Å². The topological polar surface area (TPSA) is 87.0 Å². The van der Waals surface area contributed by atoms with E-state index in [1.807, 2.05) is 6.92 Å². The van der Waals surface area contributed by atoms with Crippen LogP contribution in [0.2, 0.25) is 0 Å². The molecular weight excluding hydrogens is 268 g/mol. The van der Waals surface area contributed by atoms with Crippen molar-refractivity contribution in [3.63, 3.8) is 0 Å². The average Bonchev–Trinajstić information content (AvgIpc) is 3.05. The number of hydrogen-bond donors (Lipinski definition) is 0. The molecule has 0 saturated carbocycles. The molecule has 2 aromatic rings. The highest BCUT2D eigenvalue weighted by Crippen LogP contribution is 2.16. The lowest BCUT2D eigenvalue weighted by molar-refractivity contribution is 0.0517. The van der Waals surface area contributed by atoms with E-state index in [9.17, 15) is 9.59 Å². The fourth-order valence-corrected chi connectivity index (χ4v) is 2.12. The summed E-state index contributed by atoms with van der Waals surface area (Å²) in [6.07, 6.45) is 2.78. The number of nitrogens with zero attached hydrogens (tertiary/aromatic N) is 4. The van der Waals surface area contributed by atoms with E-state index >= 15 is 0 Å². The summed E-state index contributed by atoms with van der Waals surface area (Å²) in [7, 11) is 0. The van der Waals surface area contributed by atoms with E-state index in [2.05, 4.69) is 15.3 Å². The van der Waals surface area contributed by atoms with Gasteiger partial charge in [0.2, 0.25) is 5.13 Å². The van der Waals surface area contributed by atoms with Crippen molar-refractivity contribution < 1.29 is 14.3 Å². The molecule has 0 aliphatic heterocycles. The Morgan fingerprint density at radius 1 is 1.47 bits per heavy atom. The Kier molecular flexibility index (Phi) is 4.00. The summed E-state index contributed by atoms with van der Waals surface area (Å²) in [6.45, 7) is 3.88. The fraction of sp³-hybridized carbons (Fsp3) is 0.364. The Hall–Kier alpha value is -2.09. The second-order valence-electron chi connectivity index (χ2n) is 3.55. The first-order chi connectivity index (χ1) is 9.19. The molecule has 0 amide bonds. The molecule has 0 unspecified atom stereocenters. The van der Waals surface area contributed by atoms with Gasteiger partial charge in [-0.05, 0) is 13.3 Å². The van der Waals surface area contributed by atoms with Crippen LogP contribution in [-0.2, 0) is 11.2 Å². The van der Waals surface area contributed by atoms with Crippen molar-refractivity contribution in [3.8, 4) is 5.13 Å². The first kappa shape index (κ1) is 13.3. The molecule has 0 spiro atoms. The Labute approximate surface area is 113 Å². The smallest absolute Gasteiger partial charge is 0.359 e. The van der Waals surface area contributed by atoms with E-state index in [-0.39, 0.29) is 17.9 Å². The van der Waals surface area contributed by atoms with Gasteiger partial charge in [-0.2, -0.15) is 5.10 Å². The van der Waals surface area contributed by atoms with Gasteiger partial charge in [-0.25, -0.2) is 9.48 Å². The summed E-state index contributed by atoms with van der Waals surface area (Å²) in [5, 5.41) is 13.3. The van der Waals surface area contributed by atoms with Crippen molar-refractivity contribution in [2.45, 2.75) is 20.3 Å². The molecule has 2 aromatic heterocycles. The summed E-state index contributed by atoms with van der Waals surface area (Å²) in [5.74, 6) is -0.622. The van der Waals surface area contributed by atoms with Crippen molar-refractivity contribution in [1.29, 1.82) is 0 Å². The zero-order chi connectivity index (χ0) is 13.8. The van der Waals surface area contributed by atoms with Gasteiger partial charge in [-0.15, -0.1) is 10.2 Å². The van der Waals surface area contributed by atoms with Gasteiger partial charge >= 0.3 is 5.97 Å². The highest BCUT2D eigenvalue weighted by Gasteiger charge is 2.19. The number of carbonyl (C=O) groups excluding carboxylic acids is 2. The third-order valence-corrected chi connectivity index (χ3v) is 3.35. The molecule has 0 saturated heterocycles. The third-order valence-electron chi connectivity index (χ3n) is 2.29. The predicted molar refractivity (Wildman–Crippen MR) is 67.8 cm³/mol. The predicted octanol–water partition coefficient (Wildman–Crippen LogP) is 1.28. The summed E-state index contributed by atoms with van der Waals surface area (Å²) in [4.78, 5) is 22.6. The highest BCUT2D eigenvalue weighted by atomic mass is 32.1. The largest absolute Gasteiger partial charge is 0.461 e. The first-order valence-electron chi connectivity index (χ1n) is 5.74. The Bertz CT molecular complexity index is 605. The summed E-state index contributed by atoms with van der Waals surface area (Å²) in [6, 6.07) is 0. The van der Waals surface area contributed by atoms with E-state index in [0.717, 1.165) is 11.4 Å². The minimum absolute atomic E-state index is 0.00917. The van der Waals surface area contributed by atoms with Crippen LogP contribution in [0.15, 0.2) is 6.20 Å². The molecule has 0 N–H and O–H groups in total. The maximum atomic E-state index is 11.6. The Morgan fingerprint density at radius 3 is 2.84 bits per heavy atom. The molecule has 2 rings (SSSR count). The number of aldehydes is 1. The molecule has 2 heterocycles. The minimum atomic E-state index is -0.622. The summed E-state index contributed by atoms with van der Waals surface area (Å²) >= 11 is 1.35. The number of esters is 1. The lowest BCUT2D eigenvalue weighted by atomic mass is 10.3. The Balaban J connectivity index is 2.37. The molecule has 0 aliphatic rings. The molecule has 0 fully saturated rings. The van der Waals surface area contributed by atoms with Crippen molar-refractivity contribution >= 4 is 23.6 Å². The molecule has 19 heavy (non-hydrogen) atoms. The lowest BCUT2D eigenvalue weighted by Gasteiger charge is -1.97. The van der Waals surface area contributed by atoms with Crippen LogP contribution < -0.4 is 0 Å². The maximum Gasteiger partial charge on any atom is 0.359 e. The quantitative estimate of drug-likeness (QED) is 0.605. The van der Waals surface area contributed by atoms with Crippen molar-refractivity contribution in [1.82, 2.24) is 20.0 Å². The SMILES string of the molecule is CCOC(=O)c1nn(-c2nnc(CC)s2)cc1C=O. The standard InChI is InChI=1S/C11H12N4O3S/c1-3-8-12-13-11(19-8)15-5-7(6-16)9(14-15)10(17)18-4-2/h5-6H,3-4H2,1-2H3. The minimum Gasteiger partial charge on any atom is -0.461 e. The molecule has 0 atom stereocenters. The van der Waals surface area contributed by atoms with Crippen LogP contribution in [-0.4, -0.2) is 38.8 Å². The molecule has 7 nitrogen and oxygen atoms in total. The molecule has 100 valence electrons. The first-order valence-corrected chi connectivity index (χ1v) is 6.56. The van der Waals surface area contributed by atoms with E-state index in [4.69, 9.17) is 4.74 Å². The van der Waals surface area contributed by atoms with Gasteiger partial charge in [0, 0.05) is 6.20 Å². The number of aromatic nitrogens is 4. The van der Waals surface area contributed by atoms with Crippen LogP contribution in [0.5, 0.6) is 0 Å². The van der Waals surface area contributed by atoms with Crippen molar-refractivity contribution in [3.05, 3.63) is 22.5 Å². The van der Waals surface area contributed by atoms with Crippen LogP contribution in [0.4, 0.5) is 0 Å². The third kappa shape index (κ3) is 2.68. The fourth-order valence-electron chi connectivity index (χ4n) is 1.41. The second-order valence-corrected chi connectivity index (χ2v) is 4.59. The molecular formula is C11H12N4O3S. The van der Waals surface area contributed by atoms with Gasteiger partial charge in [-0.1, -0.05) is 18.3 Å². The molecule has 0 aliphatic carbocycles. The number of hydrogen-bond acceptors (Lipinski definition) is 7. The Morgan fingerprint density at radius 2 is 2.26 bits per heavy atom. The number of aryl methyl sites for hydroxylation is 1. The van der Waals surface area contributed by atoms with Crippen molar-refractivity contribution in [2.75, 3.05) is 6.61 Å². The van der Waals surface area contributed by atoms with Crippen LogP contribution in [0.25, 0.3) is 5.13 Å². The second kappa shape index (κ2) is 5.70. The van der Waals surface area contributed by atoms with Gasteiger partial charge in [0.15, 0.2) is 12.0 Å². The number of ether oxygens (including phenoxy) is 1. The van der Waals surface area contributed by atoms with Gasteiger partial charge in [0.25, 0.3) is 0 Å². The molecule has 0 bridgehead atoms. The van der Waals surface area contributed by atoms with E-state index < -0.39 is 5.97 Å².